The Labute approximate surface area is 156 Å². The summed E-state index contributed by atoms with van der Waals surface area (Å²) in [6.45, 7) is 14.0. The second-order valence-corrected chi connectivity index (χ2v) is 9.19. The van der Waals surface area contributed by atoms with Crippen molar-refractivity contribution in [2.45, 2.75) is 52.4 Å². The van der Waals surface area contributed by atoms with E-state index in [-0.39, 0.29) is 10.8 Å². The van der Waals surface area contributed by atoms with Crippen molar-refractivity contribution in [1.82, 2.24) is 0 Å². The molecule has 0 aliphatic heterocycles. The number of fused-ring (bicyclic) bond motifs is 6. The summed E-state index contributed by atoms with van der Waals surface area (Å²) in [5.41, 5.74) is 14.6. The van der Waals surface area contributed by atoms with E-state index in [0.29, 0.717) is 0 Å². The van der Waals surface area contributed by atoms with Crippen LogP contribution >= 0.6 is 0 Å². The molecule has 0 nitrogen and oxygen atoms in total. The Morgan fingerprint density at radius 2 is 1.19 bits per heavy atom. The Balaban J connectivity index is 1.89. The maximum absolute atomic E-state index is 2.50. The fraction of sp³-hybridized carbons (Fsp3) is 0.308. The van der Waals surface area contributed by atoms with Gasteiger partial charge in [-0.1, -0.05) is 64.1 Å². The molecule has 0 fully saturated rings. The first kappa shape index (κ1) is 15.9. The summed E-state index contributed by atoms with van der Waals surface area (Å²) in [4.78, 5) is 0. The summed E-state index contributed by atoms with van der Waals surface area (Å²) in [5.74, 6) is 0. The quantitative estimate of drug-likeness (QED) is 0.417. The van der Waals surface area contributed by atoms with Gasteiger partial charge in [-0.15, -0.1) is 0 Å². The van der Waals surface area contributed by atoms with E-state index in [9.17, 15) is 0 Å². The van der Waals surface area contributed by atoms with Crippen molar-refractivity contribution < 1.29 is 0 Å². The smallest absolute Gasteiger partial charge is 0.0161 e. The van der Waals surface area contributed by atoms with Crippen LogP contribution in [0.4, 0.5) is 0 Å². The predicted molar refractivity (Wildman–Crippen MR) is 111 cm³/mol. The molecule has 2 aliphatic carbocycles. The Hall–Kier alpha value is -2.34. The minimum absolute atomic E-state index is 0.0562. The highest BCUT2D eigenvalue weighted by molar-refractivity contribution is 5.90. The van der Waals surface area contributed by atoms with Crippen LogP contribution in [0.5, 0.6) is 0 Å². The Morgan fingerprint density at radius 3 is 1.96 bits per heavy atom. The van der Waals surface area contributed by atoms with Crippen LogP contribution in [0.3, 0.4) is 0 Å². The highest BCUT2D eigenvalue weighted by Crippen LogP contribution is 2.56. The Bertz CT molecular complexity index is 1090. The first-order valence-corrected chi connectivity index (χ1v) is 9.64. The lowest BCUT2D eigenvalue weighted by Gasteiger charge is -2.25. The molecule has 3 aromatic rings. The zero-order valence-corrected chi connectivity index (χ0v) is 16.6. The van der Waals surface area contributed by atoms with Crippen molar-refractivity contribution in [3.63, 3.8) is 0 Å². The van der Waals surface area contributed by atoms with Crippen LogP contribution < -0.4 is 0 Å². The number of aryl methyl sites for hydroxylation is 2. The van der Waals surface area contributed by atoms with E-state index in [1.54, 1.807) is 0 Å². The van der Waals surface area contributed by atoms with Crippen LogP contribution in [0, 0.1) is 13.8 Å². The molecule has 0 N–H and O–H groups in total. The van der Waals surface area contributed by atoms with Crippen LogP contribution in [-0.4, -0.2) is 0 Å². The normalized spacial score (nSPS) is 17.5. The molecule has 3 aromatic carbocycles. The van der Waals surface area contributed by atoms with E-state index >= 15 is 0 Å². The highest BCUT2D eigenvalue weighted by Gasteiger charge is 2.42. The Morgan fingerprint density at radius 1 is 0.577 bits per heavy atom. The molecule has 0 atom stereocenters. The third-order valence-corrected chi connectivity index (χ3v) is 6.91. The number of rotatable bonds is 0. The van der Waals surface area contributed by atoms with E-state index in [1.807, 2.05) is 0 Å². The van der Waals surface area contributed by atoms with Crippen LogP contribution in [-0.2, 0) is 10.8 Å². The molecular formula is C26H26. The van der Waals surface area contributed by atoms with Gasteiger partial charge in [-0.3, -0.25) is 0 Å². The fourth-order valence-electron chi connectivity index (χ4n) is 5.61. The number of hydrogen-bond donors (Lipinski definition) is 0. The van der Waals surface area contributed by atoms with Crippen LogP contribution in [0.1, 0.15) is 61.1 Å². The number of benzene rings is 3. The first-order valence-electron chi connectivity index (χ1n) is 9.64. The molecule has 0 bridgehead atoms. The summed E-state index contributed by atoms with van der Waals surface area (Å²) in [5, 5.41) is 0. The van der Waals surface area contributed by atoms with Gasteiger partial charge < -0.3 is 0 Å². The van der Waals surface area contributed by atoms with Crippen molar-refractivity contribution in [3.8, 4) is 22.3 Å². The Kier molecular flexibility index (Phi) is 2.86. The van der Waals surface area contributed by atoms with Crippen molar-refractivity contribution in [3.05, 3.63) is 81.9 Å². The van der Waals surface area contributed by atoms with E-state index in [4.69, 9.17) is 0 Å². The van der Waals surface area contributed by atoms with E-state index in [2.05, 4.69) is 90.1 Å². The van der Waals surface area contributed by atoms with Gasteiger partial charge in [-0.25, -0.2) is 0 Å². The maximum Gasteiger partial charge on any atom is 0.0161 e. The lowest BCUT2D eigenvalue weighted by molar-refractivity contribution is 0.649. The molecule has 2 aliphatic rings. The summed E-state index contributed by atoms with van der Waals surface area (Å²) in [7, 11) is 0. The van der Waals surface area contributed by atoms with Gasteiger partial charge in [0.05, 0.1) is 0 Å². The molecular weight excluding hydrogens is 312 g/mol. The topological polar surface area (TPSA) is 0 Å². The largest absolute Gasteiger partial charge is 0.0617 e. The minimum atomic E-state index is 0.0562. The molecule has 0 aromatic heterocycles. The average molecular weight is 338 g/mol. The average Bonchev–Trinajstić information content (AvgIpc) is 2.95. The molecule has 0 radical (unpaired) electrons. The van der Waals surface area contributed by atoms with Gasteiger partial charge in [0, 0.05) is 10.8 Å². The molecule has 5 rings (SSSR count). The van der Waals surface area contributed by atoms with Gasteiger partial charge in [0.15, 0.2) is 0 Å². The second-order valence-electron chi connectivity index (χ2n) is 9.19. The third-order valence-electron chi connectivity index (χ3n) is 6.91. The third kappa shape index (κ3) is 1.70. The maximum atomic E-state index is 2.50. The molecule has 0 heteroatoms. The van der Waals surface area contributed by atoms with Crippen LogP contribution in [0.15, 0.2) is 48.5 Å². The van der Waals surface area contributed by atoms with Gasteiger partial charge in [0.2, 0.25) is 0 Å². The molecule has 0 heterocycles. The van der Waals surface area contributed by atoms with Crippen molar-refractivity contribution in [2.75, 3.05) is 0 Å². The highest BCUT2D eigenvalue weighted by atomic mass is 14.4. The lowest BCUT2D eigenvalue weighted by atomic mass is 9.78. The molecule has 26 heavy (non-hydrogen) atoms. The van der Waals surface area contributed by atoms with E-state index in [1.165, 1.54) is 55.6 Å². The summed E-state index contributed by atoms with van der Waals surface area (Å²) < 4.78 is 0. The fourth-order valence-corrected chi connectivity index (χ4v) is 5.61. The standard InChI is InChI=1S/C26H26/c1-15-9-8-12-20-23(15)19-14-21-18(13-22(19)25(20,3)4)17-11-7-10-16(2)24(17)26(21,5)6/h7-14H,1-6H3. The van der Waals surface area contributed by atoms with Gasteiger partial charge in [0.1, 0.15) is 0 Å². The SMILES string of the molecule is Cc1cccc2c1-c1cc3c(cc1C2(C)C)-c1cccc(C)c1C3(C)C. The molecule has 0 unspecified atom stereocenters. The lowest BCUT2D eigenvalue weighted by Crippen LogP contribution is -2.17. The molecule has 0 spiro atoms. The van der Waals surface area contributed by atoms with Crippen molar-refractivity contribution in [1.29, 1.82) is 0 Å². The number of hydrogen-bond acceptors (Lipinski definition) is 0. The molecule has 0 amide bonds. The predicted octanol–water partition coefficient (Wildman–Crippen LogP) is 6.92. The van der Waals surface area contributed by atoms with Crippen molar-refractivity contribution in [2.24, 2.45) is 0 Å². The van der Waals surface area contributed by atoms with Gasteiger partial charge in [-0.05, 0) is 81.6 Å². The molecule has 0 saturated carbocycles. The summed E-state index contributed by atoms with van der Waals surface area (Å²) in [6.07, 6.45) is 0. The zero-order valence-electron chi connectivity index (χ0n) is 16.6. The van der Waals surface area contributed by atoms with Crippen LogP contribution in [0.25, 0.3) is 22.3 Å². The zero-order chi connectivity index (χ0) is 18.4. The molecule has 130 valence electrons. The van der Waals surface area contributed by atoms with Gasteiger partial charge >= 0.3 is 0 Å². The second kappa shape index (κ2) is 4.68. The summed E-state index contributed by atoms with van der Waals surface area (Å²) in [6, 6.07) is 18.5. The van der Waals surface area contributed by atoms with E-state index < -0.39 is 0 Å². The molecule has 0 saturated heterocycles. The van der Waals surface area contributed by atoms with Gasteiger partial charge in [0.25, 0.3) is 0 Å². The van der Waals surface area contributed by atoms with Crippen LogP contribution in [0.2, 0.25) is 0 Å². The van der Waals surface area contributed by atoms with Crippen molar-refractivity contribution >= 4 is 0 Å². The minimum Gasteiger partial charge on any atom is -0.0617 e. The summed E-state index contributed by atoms with van der Waals surface area (Å²) >= 11 is 0. The van der Waals surface area contributed by atoms with Gasteiger partial charge in [-0.2, -0.15) is 0 Å². The monoisotopic (exact) mass is 338 g/mol. The first-order chi connectivity index (χ1) is 12.2. The van der Waals surface area contributed by atoms with E-state index in [0.717, 1.165) is 0 Å².